The summed E-state index contributed by atoms with van der Waals surface area (Å²) < 4.78 is 6.81. The zero-order valence-corrected chi connectivity index (χ0v) is 16.4. The summed E-state index contributed by atoms with van der Waals surface area (Å²) in [6.45, 7) is 0. The van der Waals surface area contributed by atoms with Gasteiger partial charge in [-0.25, -0.2) is 0 Å². The van der Waals surface area contributed by atoms with Crippen LogP contribution in [0.1, 0.15) is 0 Å². The highest BCUT2D eigenvalue weighted by atomic mass is 127. The molecule has 0 unspecified atom stereocenters. The quantitative estimate of drug-likeness (QED) is 0.326. The molecule has 0 saturated heterocycles. The Morgan fingerprint density at radius 3 is 2.81 bits per heavy atom. The lowest BCUT2D eigenvalue weighted by atomic mass is 10.2. The molecule has 2 N–H and O–H groups in total. The number of hydrogen-bond donors (Lipinski definition) is 2. The van der Waals surface area contributed by atoms with Gasteiger partial charge in [-0.2, -0.15) is 0 Å². The molecule has 130 valence electrons. The average Bonchev–Trinajstić information content (AvgIpc) is 3.28. The number of nitrogens with zero attached hydrogens (tertiary/aromatic N) is 2. The van der Waals surface area contributed by atoms with Gasteiger partial charge in [0, 0.05) is 26.4 Å². The second-order valence-corrected chi connectivity index (χ2v) is 7.64. The Morgan fingerprint density at radius 1 is 1.15 bits per heavy atom. The van der Waals surface area contributed by atoms with E-state index in [2.05, 4.69) is 43.1 Å². The Labute approximate surface area is 166 Å². The first kappa shape index (κ1) is 17.1. The van der Waals surface area contributed by atoms with E-state index in [0.29, 0.717) is 11.1 Å². The number of carbonyl (C=O) groups excluding carboxylic acids is 1. The smallest absolute Gasteiger partial charge is 0.277 e. The molecule has 2 aromatic heterocycles. The highest BCUT2D eigenvalue weighted by Gasteiger charge is 2.14. The summed E-state index contributed by atoms with van der Waals surface area (Å²) in [5.74, 6) is 0.507. The van der Waals surface area contributed by atoms with Crippen LogP contribution in [0.5, 0.6) is 0 Å². The molecule has 0 atom stereocenters. The van der Waals surface area contributed by atoms with Gasteiger partial charge in [-0.3, -0.25) is 4.79 Å². The van der Waals surface area contributed by atoms with Crippen molar-refractivity contribution in [1.82, 2.24) is 15.2 Å². The SMILES string of the molecule is O=C(CSc1nnc(-c2c[nH]c3ccccc23)o1)Nc1ccc(I)cc1. The molecule has 4 aromatic rings. The number of halogens is 1. The number of anilines is 1. The minimum atomic E-state index is -0.122. The summed E-state index contributed by atoms with van der Waals surface area (Å²) in [4.78, 5) is 15.2. The van der Waals surface area contributed by atoms with Gasteiger partial charge in [0.25, 0.3) is 11.1 Å². The van der Waals surface area contributed by atoms with Gasteiger partial charge in [0.05, 0.1) is 11.3 Å². The maximum Gasteiger partial charge on any atom is 0.277 e. The van der Waals surface area contributed by atoms with E-state index in [0.717, 1.165) is 25.7 Å². The number of amides is 1. The van der Waals surface area contributed by atoms with Crippen molar-refractivity contribution in [1.29, 1.82) is 0 Å². The molecule has 1 amide bonds. The van der Waals surface area contributed by atoms with Crippen LogP contribution in [0.15, 0.2) is 64.4 Å². The van der Waals surface area contributed by atoms with Gasteiger partial charge in [-0.15, -0.1) is 10.2 Å². The Hall–Kier alpha value is -2.33. The fourth-order valence-electron chi connectivity index (χ4n) is 2.48. The van der Waals surface area contributed by atoms with Crippen LogP contribution in [0.25, 0.3) is 22.4 Å². The fourth-order valence-corrected chi connectivity index (χ4v) is 3.41. The van der Waals surface area contributed by atoms with Crippen LogP contribution >= 0.6 is 34.4 Å². The normalized spacial score (nSPS) is 11.0. The van der Waals surface area contributed by atoms with Crippen molar-refractivity contribution >= 4 is 56.9 Å². The minimum Gasteiger partial charge on any atom is -0.411 e. The predicted molar refractivity (Wildman–Crippen MR) is 110 cm³/mol. The average molecular weight is 476 g/mol. The molecule has 4 rings (SSSR count). The minimum absolute atomic E-state index is 0.122. The van der Waals surface area contributed by atoms with Crippen molar-refractivity contribution in [2.75, 3.05) is 11.1 Å². The Kier molecular flexibility index (Phi) is 4.93. The molecule has 2 heterocycles. The van der Waals surface area contributed by atoms with Crippen molar-refractivity contribution < 1.29 is 9.21 Å². The van der Waals surface area contributed by atoms with Gasteiger partial charge < -0.3 is 14.7 Å². The number of thioether (sulfide) groups is 1. The van der Waals surface area contributed by atoms with Gasteiger partial charge in [0.15, 0.2) is 0 Å². The molecule has 0 radical (unpaired) electrons. The summed E-state index contributed by atoms with van der Waals surface area (Å²) in [5.41, 5.74) is 2.62. The molecule has 26 heavy (non-hydrogen) atoms. The molecular weight excluding hydrogens is 463 g/mol. The Morgan fingerprint density at radius 2 is 1.96 bits per heavy atom. The fraction of sp³-hybridized carbons (Fsp3) is 0.0556. The van der Waals surface area contributed by atoms with E-state index < -0.39 is 0 Å². The number of rotatable bonds is 5. The number of fused-ring (bicyclic) bond motifs is 1. The van der Waals surface area contributed by atoms with E-state index in [-0.39, 0.29) is 11.7 Å². The molecule has 0 fully saturated rings. The summed E-state index contributed by atoms with van der Waals surface area (Å²) in [6.07, 6.45) is 1.84. The lowest BCUT2D eigenvalue weighted by Crippen LogP contribution is -2.13. The monoisotopic (exact) mass is 476 g/mol. The first-order chi connectivity index (χ1) is 12.7. The largest absolute Gasteiger partial charge is 0.411 e. The number of aromatic nitrogens is 3. The molecule has 0 spiro atoms. The van der Waals surface area contributed by atoms with Gasteiger partial charge in [0.2, 0.25) is 5.91 Å². The first-order valence-corrected chi connectivity index (χ1v) is 9.84. The Bertz CT molecular complexity index is 1060. The number of para-hydroxylation sites is 1. The number of nitrogens with one attached hydrogen (secondary N) is 2. The molecule has 0 aliphatic carbocycles. The molecule has 0 bridgehead atoms. The van der Waals surface area contributed by atoms with E-state index in [1.54, 1.807) is 0 Å². The lowest BCUT2D eigenvalue weighted by Gasteiger charge is -2.03. The van der Waals surface area contributed by atoms with Crippen LogP contribution in [0.2, 0.25) is 0 Å². The third-order valence-corrected chi connectivity index (χ3v) is 5.22. The van der Waals surface area contributed by atoms with Crippen LogP contribution in [0.3, 0.4) is 0 Å². The molecule has 0 aliphatic rings. The lowest BCUT2D eigenvalue weighted by molar-refractivity contribution is -0.113. The highest BCUT2D eigenvalue weighted by Crippen LogP contribution is 2.29. The molecule has 0 saturated carbocycles. The van der Waals surface area contributed by atoms with Gasteiger partial charge in [-0.05, 0) is 52.9 Å². The predicted octanol–water partition coefficient (Wildman–Crippen LogP) is 4.55. The number of carbonyl (C=O) groups is 1. The number of hydrogen-bond acceptors (Lipinski definition) is 5. The molecule has 8 heteroatoms. The second kappa shape index (κ2) is 7.50. The summed E-state index contributed by atoms with van der Waals surface area (Å²) in [6, 6.07) is 15.5. The summed E-state index contributed by atoms with van der Waals surface area (Å²) in [7, 11) is 0. The second-order valence-electron chi connectivity index (χ2n) is 5.46. The molecule has 6 nitrogen and oxygen atoms in total. The van der Waals surface area contributed by atoms with Crippen LogP contribution < -0.4 is 5.32 Å². The summed E-state index contributed by atoms with van der Waals surface area (Å²) in [5, 5.41) is 12.3. The topological polar surface area (TPSA) is 83.8 Å². The maximum absolute atomic E-state index is 12.1. The molecule has 0 aliphatic heterocycles. The van der Waals surface area contributed by atoms with E-state index in [4.69, 9.17) is 4.42 Å². The third kappa shape index (κ3) is 3.75. The third-order valence-electron chi connectivity index (χ3n) is 3.68. The van der Waals surface area contributed by atoms with Gasteiger partial charge >= 0.3 is 0 Å². The van der Waals surface area contributed by atoms with Crippen molar-refractivity contribution in [3.05, 3.63) is 58.3 Å². The maximum atomic E-state index is 12.1. The van der Waals surface area contributed by atoms with Gasteiger partial charge in [0.1, 0.15) is 0 Å². The zero-order chi connectivity index (χ0) is 17.9. The van der Waals surface area contributed by atoms with Crippen LogP contribution in [0.4, 0.5) is 5.69 Å². The number of aromatic amines is 1. The van der Waals surface area contributed by atoms with Crippen molar-refractivity contribution in [3.63, 3.8) is 0 Å². The van der Waals surface area contributed by atoms with Crippen molar-refractivity contribution in [2.45, 2.75) is 5.22 Å². The number of H-pyrrole nitrogens is 1. The Balaban J connectivity index is 1.40. The van der Waals surface area contributed by atoms with E-state index in [9.17, 15) is 4.79 Å². The van der Waals surface area contributed by atoms with Crippen LogP contribution in [-0.2, 0) is 4.79 Å². The van der Waals surface area contributed by atoms with Crippen LogP contribution in [0, 0.1) is 3.57 Å². The first-order valence-electron chi connectivity index (χ1n) is 7.77. The van der Waals surface area contributed by atoms with E-state index >= 15 is 0 Å². The van der Waals surface area contributed by atoms with Crippen LogP contribution in [-0.4, -0.2) is 26.8 Å². The molecule has 2 aromatic carbocycles. The van der Waals surface area contributed by atoms with E-state index in [1.165, 1.54) is 11.8 Å². The van der Waals surface area contributed by atoms with Crippen molar-refractivity contribution in [2.24, 2.45) is 0 Å². The van der Waals surface area contributed by atoms with E-state index in [1.807, 2.05) is 54.7 Å². The molecular formula is C18H13IN4O2S. The van der Waals surface area contributed by atoms with Gasteiger partial charge in [-0.1, -0.05) is 30.0 Å². The highest BCUT2D eigenvalue weighted by molar-refractivity contribution is 14.1. The zero-order valence-electron chi connectivity index (χ0n) is 13.4. The standard InChI is InChI=1S/C18H13IN4O2S/c19-11-5-7-12(8-6-11)21-16(24)10-26-18-23-22-17(25-18)14-9-20-15-4-2-1-3-13(14)15/h1-9,20H,10H2,(H,21,24). The number of benzene rings is 2. The van der Waals surface area contributed by atoms with Crippen molar-refractivity contribution in [3.8, 4) is 11.5 Å². The summed E-state index contributed by atoms with van der Waals surface area (Å²) >= 11 is 3.43.